The zero-order chi connectivity index (χ0) is 18.4. The van der Waals surface area contributed by atoms with Gasteiger partial charge in [-0.1, -0.05) is 13.8 Å². The molecule has 0 spiro atoms. The number of benzene rings is 1. The summed E-state index contributed by atoms with van der Waals surface area (Å²) in [5, 5.41) is 6.06. The van der Waals surface area contributed by atoms with Gasteiger partial charge in [-0.25, -0.2) is 9.97 Å². The van der Waals surface area contributed by atoms with Crippen molar-refractivity contribution in [3.05, 3.63) is 42.4 Å². The second-order valence-electron chi connectivity index (χ2n) is 7.11. The van der Waals surface area contributed by atoms with Crippen molar-refractivity contribution in [2.75, 3.05) is 35.2 Å². The Morgan fingerprint density at radius 1 is 1.08 bits per heavy atom. The number of amides is 1. The van der Waals surface area contributed by atoms with E-state index in [9.17, 15) is 4.79 Å². The number of piperidine rings is 1. The molecule has 1 amide bonds. The van der Waals surface area contributed by atoms with E-state index in [2.05, 4.69) is 51.5 Å². The summed E-state index contributed by atoms with van der Waals surface area (Å²) in [4.78, 5) is 23.2. The van der Waals surface area contributed by atoms with Gasteiger partial charge >= 0.3 is 0 Å². The maximum Gasteiger partial charge on any atom is 0.275 e. The maximum atomic E-state index is 12.3. The molecule has 1 aliphatic heterocycles. The lowest BCUT2D eigenvalue weighted by Crippen LogP contribution is -2.29. The molecule has 0 aliphatic carbocycles. The van der Waals surface area contributed by atoms with E-state index in [1.807, 2.05) is 12.1 Å². The van der Waals surface area contributed by atoms with E-state index < -0.39 is 0 Å². The molecule has 3 rings (SSSR count). The molecule has 1 aromatic carbocycles. The van der Waals surface area contributed by atoms with Gasteiger partial charge in [-0.3, -0.25) is 4.79 Å². The predicted octanol–water partition coefficient (Wildman–Crippen LogP) is 3.79. The molecule has 138 valence electrons. The van der Waals surface area contributed by atoms with Gasteiger partial charge < -0.3 is 15.5 Å². The summed E-state index contributed by atoms with van der Waals surface area (Å²) >= 11 is 0. The normalized spacial score (nSPS) is 14.3. The topological polar surface area (TPSA) is 70.2 Å². The van der Waals surface area contributed by atoms with Crippen molar-refractivity contribution >= 4 is 23.1 Å². The molecule has 6 nitrogen and oxygen atoms in total. The highest BCUT2D eigenvalue weighted by Gasteiger charge is 2.12. The first kappa shape index (κ1) is 18.2. The van der Waals surface area contributed by atoms with Crippen LogP contribution in [0.2, 0.25) is 0 Å². The van der Waals surface area contributed by atoms with E-state index in [0.717, 1.165) is 25.3 Å². The zero-order valence-corrected chi connectivity index (χ0v) is 15.5. The van der Waals surface area contributed by atoms with Crippen LogP contribution in [-0.2, 0) is 0 Å². The first-order chi connectivity index (χ1) is 12.6. The highest BCUT2D eigenvalue weighted by Crippen LogP contribution is 2.22. The van der Waals surface area contributed by atoms with Crippen molar-refractivity contribution in [2.45, 2.75) is 33.1 Å². The Kier molecular flexibility index (Phi) is 6.04. The fourth-order valence-corrected chi connectivity index (χ4v) is 2.95. The Morgan fingerprint density at radius 2 is 1.81 bits per heavy atom. The molecule has 1 fully saturated rings. The summed E-state index contributed by atoms with van der Waals surface area (Å²) in [6, 6.07) is 8.00. The van der Waals surface area contributed by atoms with Crippen molar-refractivity contribution in [2.24, 2.45) is 5.92 Å². The van der Waals surface area contributed by atoms with Crippen molar-refractivity contribution in [1.29, 1.82) is 0 Å². The monoisotopic (exact) mass is 353 g/mol. The Balaban J connectivity index is 1.57. The first-order valence-corrected chi connectivity index (χ1v) is 9.34. The number of hydrogen-bond acceptors (Lipinski definition) is 5. The Hall–Kier alpha value is -2.63. The summed E-state index contributed by atoms with van der Waals surface area (Å²) in [7, 11) is 0. The molecule has 26 heavy (non-hydrogen) atoms. The van der Waals surface area contributed by atoms with Crippen LogP contribution in [0.1, 0.15) is 43.6 Å². The predicted molar refractivity (Wildman–Crippen MR) is 106 cm³/mol. The van der Waals surface area contributed by atoms with E-state index in [1.54, 1.807) is 6.20 Å². The average Bonchev–Trinajstić information content (AvgIpc) is 2.68. The van der Waals surface area contributed by atoms with E-state index >= 15 is 0 Å². The Bertz CT molecular complexity index is 706. The van der Waals surface area contributed by atoms with Crippen LogP contribution < -0.4 is 15.5 Å². The van der Waals surface area contributed by atoms with Crippen LogP contribution in [0.4, 0.5) is 17.2 Å². The van der Waals surface area contributed by atoms with Gasteiger partial charge in [0.2, 0.25) is 0 Å². The number of anilines is 3. The molecule has 0 unspecified atom stereocenters. The summed E-state index contributed by atoms with van der Waals surface area (Å²) in [6.45, 7) is 7.29. The SMILES string of the molecule is CC(C)CNc1cnc(C(=O)Nc2ccc(N3CCCCC3)cc2)cn1. The van der Waals surface area contributed by atoms with E-state index in [-0.39, 0.29) is 5.91 Å². The number of hydrogen-bond donors (Lipinski definition) is 2. The van der Waals surface area contributed by atoms with Gasteiger partial charge in [0.05, 0.1) is 12.4 Å². The molecule has 0 saturated carbocycles. The molecule has 0 atom stereocenters. The molecule has 0 bridgehead atoms. The molecular formula is C20H27N5O. The molecule has 2 heterocycles. The minimum atomic E-state index is -0.251. The van der Waals surface area contributed by atoms with Crippen LogP contribution in [0, 0.1) is 5.92 Å². The molecule has 1 saturated heterocycles. The Morgan fingerprint density at radius 3 is 2.42 bits per heavy atom. The Labute approximate surface area is 155 Å². The number of carbonyl (C=O) groups excluding carboxylic acids is 1. The number of nitrogens with one attached hydrogen (secondary N) is 2. The molecule has 1 aromatic heterocycles. The van der Waals surface area contributed by atoms with Gasteiger partial charge in [-0.2, -0.15) is 0 Å². The van der Waals surface area contributed by atoms with E-state index in [4.69, 9.17) is 0 Å². The van der Waals surface area contributed by atoms with Crippen LogP contribution in [0.5, 0.6) is 0 Å². The van der Waals surface area contributed by atoms with Crippen LogP contribution >= 0.6 is 0 Å². The largest absolute Gasteiger partial charge is 0.372 e. The average molecular weight is 353 g/mol. The van der Waals surface area contributed by atoms with Crippen molar-refractivity contribution in [3.8, 4) is 0 Å². The summed E-state index contributed by atoms with van der Waals surface area (Å²) in [5.41, 5.74) is 2.28. The van der Waals surface area contributed by atoms with Gasteiger partial charge in [0.15, 0.2) is 0 Å². The summed E-state index contributed by atoms with van der Waals surface area (Å²) in [5.74, 6) is 0.951. The highest BCUT2D eigenvalue weighted by molar-refractivity contribution is 6.02. The van der Waals surface area contributed by atoms with Gasteiger partial charge in [0.1, 0.15) is 11.5 Å². The molecular weight excluding hydrogens is 326 g/mol. The zero-order valence-electron chi connectivity index (χ0n) is 15.5. The fraction of sp³-hybridized carbons (Fsp3) is 0.450. The lowest BCUT2D eigenvalue weighted by Gasteiger charge is -2.28. The maximum absolute atomic E-state index is 12.3. The fourth-order valence-electron chi connectivity index (χ4n) is 2.95. The smallest absolute Gasteiger partial charge is 0.275 e. The second-order valence-corrected chi connectivity index (χ2v) is 7.11. The van der Waals surface area contributed by atoms with Crippen LogP contribution in [-0.4, -0.2) is 35.5 Å². The molecule has 1 aliphatic rings. The lowest BCUT2D eigenvalue weighted by atomic mass is 10.1. The van der Waals surface area contributed by atoms with Crippen molar-refractivity contribution in [1.82, 2.24) is 9.97 Å². The molecule has 6 heteroatoms. The molecule has 0 radical (unpaired) electrons. The summed E-state index contributed by atoms with van der Waals surface area (Å²) in [6.07, 6.45) is 6.91. The van der Waals surface area contributed by atoms with E-state index in [0.29, 0.717) is 17.4 Å². The van der Waals surface area contributed by atoms with Crippen molar-refractivity contribution in [3.63, 3.8) is 0 Å². The minimum Gasteiger partial charge on any atom is -0.372 e. The number of nitrogens with zero attached hydrogens (tertiary/aromatic N) is 3. The second kappa shape index (κ2) is 8.65. The third kappa shape index (κ3) is 4.94. The van der Waals surface area contributed by atoms with Gasteiger partial charge in [-0.15, -0.1) is 0 Å². The highest BCUT2D eigenvalue weighted by atomic mass is 16.1. The van der Waals surface area contributed by atoms with Gasteiger partial charge in [0.25, 0.3) is 5.91 Å². The number of aromatic nitrogens is 2. The van der Waals surface area contributed by atoms with Gasteiger partial charge in [-0.05, 0) is 49.4 Å². The number of rotatable bonds is 6. The number of carbonyl (C=O) groups is 1. The molecule has 2 aromatic rings. The van der Waals surface area contributed by atoms with Crippen LogP contribution in [0.25, 0.3) is 0 Å². The summed E-state index contributed by atoms with van der Waals surface area (Å²) < 4.78 is 0. The third-order valence-electron chi connectivity index (χ3n) is 4.42. The van der Waals surface area contributed by atoms with Crippen LogP contribution in [0.15, 0.2) is 36.7 Å². The van der Waals surface area contributed by atoms with Crippen molar-refractivity contribution < 1.29 is 4.79 Å². The minimum absolute atomic E-state index is 0.251. The third-order valence-corrected chi connectivity index (χ3v) is 4.42. The van der Waals surface area contributed by atoms with Crippen LogP contribution in [0.3, 0.4) is 0 Å². The van der Waals surface area contributed by atoms with E-state index in [1.165, 1.54) is 31.1 Å². The molecule has 2 N–H and O–H groups in total. The first-order valence-electron chi connectivity index (χ1n) is 9.34. The standard InChI is InChI=1S/C20H27N5O/c1-15(2)12-22-19-14-21-18(13-23-19)20(26)24-16-6-8-17(9-7-16)25-10-4-3-5-11-25/h6-9,13-15H,3-5,10-12H2,1-2H3,(H,22,23)(H,24,26). The lowest BCUT2D eigenvalue weighted by molar-refractivity contribution is 0.102. The van der Waals surface area contributed by atoms with Gasteiger partial charge in [0, 0.05) is 31.0 Å². The quantitative estimate of drug-likeness (QED) is 0.827.